The summed E-state index contributed by atoms with van der Waals surface area (Å²) >= 11 is 1.05. The van der Waals surface area contributed by atoms with Crippen molar-refractivity contribution in [2.24, 2.45) is 4.99 Å². The van der Waals surface area contributed by atoms with Gasteiger partial charge in [0.05, 0.1) is 17.3 Å². The number of thiazole rings is 1. The third-order valence-corrected chi connectivity index (χ3v) is 4.57. The van der Waals surface area contributed by atoms with E-state index >= 15 is 0 Å². The van der Waals surface area contributed by atoms with Gasteiger partial charge < -0.3 is 9.30 Å². The number of hydrogen-bond acceptors (Lipinski definition) is 3. The molecule has 1 aromatic heterocycles. The monoisotopic (exact) mass is 360 g/mol. The van der Waals surface area contributed by atoms with E-state index < -0.39 is 17.5 Å². The number of benzene rings is 2. The number of allylic oxidation sites excluding steroid dienone is 1. The Bertz CT molecular complexity index is 1020. The molecule has 1 heterocycles. The molecule has 0 aliphatic heterocycles. The van der Waals surface area contributed by atoms with Gasteiger partial charge in [0, 0.05) is 18.2 Å². The van der Waals surface area contributed by atoms with Gasteiger partial charge in [0.1, 0.15) is 11.6 Å². The van der Waals surface area contributed by atoms with Crippen LogP contribution in [0.5, 0.6) is 5.75 Å². The minimum absolute atomic E-state index is 0.201. The molecule has 0 saturated carbocycles. The van der Waals surface area contributed by atoms with E-state index in [2.05, 4.69) is 11.6 Å². The highest BCUT2D eigenvalue weighted by molar-refractivity contribution is 7.16. The third-order valence-electron chi connectivity index (χ3n) is 3.54. The normalized spacial score (nSPS) is 11.7. The third kappa shape index (κ3) is 3.36. The molecule has 2 aromatic carbocycles. The Balaban J connectivity index is 2.14. The lowest BCUT2D eigenvalue weighted by atomic mass is 10.2. The van der Waals surface area contributed by atoms with Crippen molar-refractivity contribution in [1.29, 1.82) is 0 Å². The van der Waals surface area contributed by atoms with Crippen LogP contribution in [-0.2, 0) is 6.54 Å². The number of amides is 1. The van der Waals surface area contributed by atoms with Gasteiger partial charge in [0.2, 0.25) is 0 Å². The predicted octanol–water partition coefficient (Wildman–Crippen LogP) is 3.92. The Morgan fingerprint density at radius 2 is 2.04 bits per heavy atom. The average Bonchev–Trinajstić information content (AvgIpc) is 2.92. The van der Waals surface area contributed by atoms with Gasteiger partial charge in [-0.3, -0.25) is 4.79 Å². The summed E-state index contributed by atoms with van der Waals surface area (Å²) in [4.78, 5) is 16.7. The van der Waals surface area contributed by atoms with Gasteiger partial charge in [-0.2, -0.15) is 4.99 Å². The van der Waals surface area contributed by atoms with E-state index in [1.54, 1.807) is 30.3 Å². The minimum Gasteiger partial charge on any atom is -0.497 e. The van der Waals surface area contributed by atoms with Gasteiger partial charge >= 0.3 is 0 Å². The number of ether oxygens (including phenoxy) is 1. The predicted molar refractivity (Wildman–Crippen MR) is 92.8 cm³/mol. The molecule has 0 radical (unpaired) electrons. The Kier molecular flexibility index (Phi) is 4.76. The molecule has 1 amide bonds. The maximum absolute atomic E-state index is 14.2. The van der Waals surface area contributed by atoms with Gasteiger partial charge in [0.15, 0.2) is 10.6 Å². The summed E-state index contributed by atoms with van der Waals surface area (Å²) in [6.45, 7) is 3.88. The molecule has 4 nitrogen and oxygen atoms in total. The Morgan fingerprint density at radius 1 is 1.32 bits per heavy atom. The zero-order valence-electron chi connectivity index (χ0n) is 13.3. The lowest BCUT2D eigenvalue weighted by Crippen LogP contribution is -2.16. The van der Waals surface area contributed by atoms with Gasteiger partial charge in [0.25, 0.3) is 5.91 Å². The van der Waals surface area contributed by atoms with Crippen molar-refractivity contribution in [1.82, 2.24) is 4.57 Å². The van der Waals surface area contributed by atoms with Crippen molar-refractivity contribution < 1.29 is 18.3 Å². The van der Waals surface area contributed by atoms with Crippen LogP contribution in [0.1, 0.15) is 10.4 Å². The zero-order valence-corrected chi connectivity index (χ0v) is 14.1. The lowest BCUT2D eigenvalue weighted by Gasteiger charge is -2.02. The van der Waals surface area contributed by atoms with Crippen LogP contribution in [0.15, 0.2) is 54.0 Å². The summed E-state index contributed by atoms with van der Waals surface area (Å²) in [5.74, 6) is -1.23. The first-order valence-corrected chi connectivity index (χ1v) is 8.17. The molecule has 3 rings (SSSR count). The van der Waals surface area contributed by atoms with E-state index in [0.29, 0.717) is 16.0 Å². The molecule has 0 unspecified atom stereocenters. The summed E-state index contributed by atoms with van der Waals surface area (Å²) in [7, 11) is 1.53. The summed E-state index contributed by atoms with van der Waals surface area (Å²) in [5, 5.41) is 0. The fourth-order valence-corrected chi connectivity index (χ4v) is 3.48. The van der Waals surface area contributed by atoms with Crippen molar-refractivity contribution in [2.45, 2.75) is 6.54 Å². The number of rotatable bonds is 4. The number of halogens is 2. The second-order valence-electron chi connectivity index (χ2n) is 5.16. The van der Waals surface area contributed by atoms with E-state index in [1.807, 2.05) is 0 Å². The first kappa shape index (κ1) is 17.0. The van der Waals surface area contributed by atoms with Crippen LogP contribution in [0.25, 0.3) is 10.2 Å². The smallest absolute Gasteiger partial charge is 0.279 e. The molecule has 25 heavy (non-hydrogen) atoms. The Labute approximate surface area is 146 Å². The van der Waals surface area contributed by atoms with Crippen LogP contribution >= 0.6 is 11.3 Å². The van der Waals surface area contributed by atoms with E-state index in [4.69, 9.17) is 4.74 Å². The van der Waals surface area contributed by atoms with Crippen LogP contribution in [0.3, 0.4) is 0 Å². The largest absolute Gasteiger partial charge is 0.497 e. The topological polar surface area (TPSA) is 43.6 Å². The summed E-state index contributed by atoms with van der Waals surface area (Å²) in [5.41, 5.74) is 0.572. The standard InChI is InChI=1S/C18H14F2N2O2S/c1-3-8-22-16-14(20)9-12(19)10-15(16)25-18(22)21-17(23)11-4-6-13(24-2)7-5-11/h3-7,9-10H,1,8H2,2H3. The molecule has 3 aromatic rings. The highest BCUT2D eigenvalue weighted by Crippen LogP contribution is 2.22. The first-order valence-electron chi connectivity index (χ1n) is 7.36. The molecule has 0 aliphatic carbocycles. The molecule has 0 atom stereocenters. The number of nitrogens with zero attached hydrogens (tertiary/aromatic N) is 2. The SMILES string of the molecule is C=CCn1c(=NC(=O)c2ccc(OC)cc2)sc2cc(F)cc(F)c21. The summed E-state index contributed by atoms with van der Waals surface area (Å²) in [6.07, 6.45) is 1.56. The highest BCUT2D eigenvalue weighted by Gasteiger charge is 2.13. The number of carbonyl (C=O) groups excluding carboxylic acids is 1. The number of aromatic nitrogens is 1. The molecule has 7 heteroatoms. The quantitative estimate of drug-likeness (QED) is 0.662. The minimum atomic E-state index is -0.702. The van der Waals surface area contributed by atoms with E-state index in [-0.39, 0.29) is 16.9 Å². The second kappa shape index (κ2) is 6.98. The number of fused-ring (bicyclic) bond motifs is 1. The lowest BCUT2D eigenvalue weighted by molar-refractivity contribution is 0.0998. The second-order valence-corrected chi connectivity index (χ2v) is 6.17. The van der Waals surface area contributed by atoms with E-state index in [0.717, 1.165) is 17.4 Å². The fourth-order valence-electron chi connectivity index (χ4n) is 2.40. The average molecular weight is 360 g/mol. The fraction of sp³-hybridized carbons (Fsp3) is 0.111. The van der Waals surface area contributed by atoms with Crippen LogP contribution in [-0.4, -0.2) is 17.6 Å². The van der Waals surface area contributed by atoms with Crippen LogP contribution < -0.4 is 9.54 Å². The molecular formula is C18H14F2N2O2S. The van der Waals surface area contributed by atoms with Gasteiger partial charge in [-0.1, -0.05) is 17.4 Å². The molecular weight excluding hydrogens is 346 g/mol. The Morgan fingerprint density at radius 3 is 2.68 bits per heavy atom. The summed E-state index contributed by atoms with van der Waals surface area (Å²) < 4.78 is 34.5. The van der Waals surface area contributed by atoms with Crippen molar-refractivity contribution >= 4 is 27.5 Å². The van der Waals surface area contributed by atoms with Crippen LogP contribution in [0, 0.1) is 11.6 Å². The zero-order chi connectivity index (χ0) is 18.0. The maximum atomic E-state index is 14.2. The van der Waals surface area contributed by atoms with E-state index in [1.165, 1.54) is 17.7 Å². The van der Waals surface area contributed by atoms with Crippen molar-refractivity contribution in [3.05, 3.63) is 71.1 Å². The molecule has 0 bridgehead atoms. The van der Waals surface area contributed by atoms with E-state index in [9.17, 15) is 13.6 Å². The first-order chi connectivity index (χ1) is 12.0. The van der Waals surface area contributed by atoms with Crippen LogP contribution in [0.4, 0.5) is 8.78 Å². The van der Waals surface area contributed by atoms with Crippen molar-refractivity contribution in [3.8, 4) is 5.75 Å². The summed E-state index contributed by atoms with van der Waals surface area (Å²) in [6, 6.07) is 8.52. The highest BCUT2D eigenvalue weighted by atomic mass is 32.1. The molecule has 0 N–H and O–H groups in total. The van der Waals surface area contributed by atoms with Gasteiger partial charge in [-0.05, 0) is 30.3 Å². The van der Waals surface area contributed by atoms with Crippen LogP contribution in [0.2, 0.25) is 0 Å². The Hall–Kier alpha value is -2.80. The molecule has 0 spiro atoms. The number of carbonyl (C=O) groups is 1. The van der Waals surface area contributed by atoms with Gasteiger partial charge in [-0.25, -0.2) is 8.78 Å². The van der Waals surface area contributed by atoms with Gasteiger partial charge in [-0.15, -0.1) is 6.58 Å². The maximum Gasteiger partial charge on any atom is 0.279 e. The molecule has 0 aliphatic rings. The molecule has 0 fully saturated rings. The van der Waals surface area contributed by atoms with Crippen molar-refractivity contribution in [2.75, 3.05) is 7.11 Å². The number of hydrogen-bond donors (Lipinski definition) is 0. The number of methoxy groups -OCH3 is 1. The molecule has 128 valence electrons. The molecule has 0 saturated heterocycles. The van der Waals surface area contributed by atoms with Crippen molar-refractivity contribution in [3.63, 3.8) is 0 Å².